The third kappa shape index (κ3) is 3.72. The van der Waals surface area contributed by atoms with E-state index < -0.39 is 42.6 Å². The second-order valence-electron chi connectivity index (χ2n) is 5.52. The first-order valence-corrected chi connectivity index (χ1v) is 7.30. The smallest absolute Gasteiger partial charge is 0.163 e. The number of rotatable bonds is 3. The average Bonchev–Trinajstić information content (AvgIpc) is 2.60. The number of anilines is 1. The van der Waals surface area contributed by atoms with Crippen LogP contribution < -0.4 is 5.32 Å². The van der Waals surface area contributed by atoms with Crippen LogP contribution in [0.1, 0.15) is 17.9 Å². The minimum atomic E-state index is -2.20. The highest BCUT2D eigenvalue weighted by molar-refractivity contribution is 5.59. The van der Waals surface area contributed by atoms with Gasteiger partial charge in [-0.3, -0.25) is 0 Å². The third-order valence-corrected chi connectivity index (χ3v) is 3.95. The van der Waals surface area contributed by atoms with E-state index in [1.165, 1.54) is 24.3 Å². The fourth-order valence-electron chi connectivity index (χ4n) is 2.72. The summed E-state index contributed by atoms with van der Waals surface area (Å²) in [5.41, 5.74) is -0.633. The predicted octanol–water partition coefficient (Wildman–Crippen LogP) is 3.76. The van der Waals surface area contributed by atoms with E-state index in [-0.39, 0.29) is 16.9 Å². The first-order chi connectivity index (χ1) is 11.9. The van der Waals surface area contributed by atoms with Gasteiger partial charge < -0.3 is 5.32 Å². The van der Waals surface area contributed by atoms with Crippen molar-refractivity contribution in [2.75, 3.05) is 5.32 Å². The molecule has 1 aliphatic rings. The zero-order chi connectivity index (χ0) is 18.6. The van der Waals surface area contributed by atoms with E-state index in [0.717, 1.165) is 0 Å². The number of benzene rings is 1. The standard InChI is InChI=1S/C17H12F4N4/c18-12-5-13(19)17(21)15(16(12)20)9-2-1-3-11(4-9)25-14(8-24)10(6-22)7-23/h1-4,12-13,15-17,25H,5H2. The van der Waals surface area contributed by atoms with E-state index in [9.17, 15) is 17.6 Å². The summed E-state index contributed by atoms with van der Waals surface area (Å²) in [6.07, 6.45) is -9.44. The van der Waals surface area contributed by atoms with E-state index in [1.807, 2.05) is 0 Å². The molecule has 1 aliphatic carbocycles. The quantitative estimate of drug-likeness (QED) is 0.666. The highest BCUT2D eigenvalue weighted by atomic mass is 19.2. The molecule has 8 heteroatoms. The molecule has 1 fully saturated rings. The van der Waals surface area contributed by atoms with Crippen molar-refractivity contribution in [1.82, 2.24) is 0 Å². The molecule has 0 heterocycles. The molecule has 4 nitrogen and oxygen atoms in total. The van der Waals surface area contributed by atoms with Crippen LogP contribution in [0.4, 0.5) is 23.2 Å². The van der Waals surface area contributed by atoms with Gasteiger partial charge in [-0.15, -0.1) is 0 Å². The number of alkyl halides is 4. The molecule has 0 bridgehead atoms. The van der Waals surface area contributed by atoms with E-state index in [0.29, 0.717) is 0 Å². The minimum Gasteiger partial charge on any atom is -0.345 e. The van der Waals surface area contributed by atoms with Crippen molar-refractivity contribution in [2.45, 2.75) is 37.0 Å². The summed E-state index contributed by atoms with van der Waals surface area (Å²) in [6.45, 7) is 0. The summed E-state index contributed by atoms with van der Waals surface area (Å²) in [6, 6.07) is 10.1. The molecule has 1 N–H and O–H groups in total. The average molecular weight is 348 g/mol. The predicted molar refractivity (Wildman–Crippen MR) is 80.9 cm³/mol. The molecule has 128 valence electrons. The number of hydrogen-bond acceptors (Lipinski definition) is 4. The zero-order valence-electron chi connectivity index (χ0n) is 12.8. The summed E-state index contributed by atoms with van der Waals surface area (Å²) in [4.78, 5) is 0. The lowest BCUT2D eigenvalue weighted by atomic mass is 9.79. The molecule has 0 aromatic heterocycles. The van der Waals surface area contributed by atoms with Gasteiger partial charge in [0.25, 0.3) is 0 Å². The van der Waals surface area contributed by atoms with Crippen molar-refractivity contribution >= 4 is 5.69 Å². The van der Waals surface area contributed by atoms with Gasteiger partial charge in [0.2, 0.25) is 0 Å². The number of halogens is 4. The van der Waals surface area contributed by atoms with Gasteiger partial charge in [0.15, 0.2) is 5.57 Å². The number of allylic oxidation sites excluding steroid dienone is 2. The largest absolute Gasteiger partial charge is 0.345 e. The zero-order valence-corrected chi connectivity index (χ0v) is 12.8. The Kier molecular flexibility index (Phi) is 5.62. The molecule has 4 unspecified atom stereocenters. The van der Waals surface area contributed by atoms with Crippen molar-refractivity contribution in [2.24, 2.45) is 0 Å². The molecule has 0 saturated heterocycles. The molecule has 0 amide bonds. The second-order valence-corrected chi connectivity index (χ2v) is 5.52. The first kappa shape index (κ1) is 18.3. The van der Waals surface area contributed by atoms with Gasteiger partial charge in [-0.1, -0.05) is 12.1 Å². The summed E-state index contributed by atoms with van der Waals surface area (Å²) < 4.78 is 55.4. The molecule has 4 atom stereocenters. The van der Waals surface area contributed by atoms with Gasteiger partial charge >= 0.3 is 0 Å². The topological polar surface area (TPSA) is 83.4 Å². The van der Waals surface area contributed by atoms with E-state index >= 15 is 0 Å². The summed E-state index contributed by atoms with van der Waals surface area (Å²) in [5.74, 6) is -1.62. The Labute approximate surface area is 141 Å². The van der Waals surface area contributed by atoms with Crippen molar-refractivity contribution in [3.05, 3.63) is 41.1 Å². The van der Waals surface area contributed by atoms with E-state index in [1.54, 1.807) is 18.2 Å². The maximum atomic E-state index is 14.1. The maximum absolute atomic E-state index is 14.1. The van der Waals surface area contributed by atoms with Gasteiger partial charge in [-0.25, -0.2) is 17.6 Å². The number of nitrogens with one attached hydrogen (secondary N) is 1. The Morgan fingerprint density at radius 2 is 1.56 bits per heavy atom. The molecule has 0 radical (unpaired) electrons. The molecule has 1 aromatic carbocycles. The van der Waals surface area contributed by atoms with Gasteiger partial charge in [0.1, 0.15) is 48.6 Å². The van der Waals surface area contributed by atoms with Gasteiger partial charge in [-0.05, 0) is 17.7 Å². The fourth-order valence-corrected chi connectivity index (χ4v) is 2.72. The number of nitrogens with zero attached hydrogens (tertiary/aromatic N) is 3. The maximum Gasteiger partial charge on any atom is 0.163 e. The fraction of sp³-hybridized carbons (Fsp3) is 0.353. The second kappa shape index (κ2) is 7.68. The summed E-state index contributed by atoms with van der Waals surface area (Å²) in [5, 5.41) is 29.1. The van der Waals surface area contributed by atoms with Crippen LogP contribution in [0.3, 0.4) is 0 Å². The number of nitriles is 3. The molecule has 0 spiro atoms. The molecular formula is C17H12F4N4. The lowest BCUT2D eigenvalue weighted by Crippen LogP contribution is -2.43. The highest BCUT2D eigenvalue weighted by Gasteiger charge is 2.47. The molecule has 1 saturated carbocycles. The van der Waals surface area contributed by atoms with Crippen LogP contribution >= 0.6 is 0 Å². The Bertz CT molecular complexity index is 772. The SMILES string of the molecule is N#CC(C#N)=C(C#N)Nc1cccc(C2C(F)C(F)CC(F)C2F)c1. The van der Waals surface area contributed by atoms with Crippen LogP contribution in [0.2, 0.25) is 0 Å². The van der Waals surface area contributed by atoms with Crippen LogP contribution in [0.5, 0.6) is 0 Å². The minimum absolute atomic E-state index is 0.0164. The van der Waals surface area contributed by atoms with E-state index in [2.05, 4.69) is 5.32 Å². The van der Waals surface area contributed by atoms with Crippen LogP contribution in [0, 0.1) is 34.0 Å². The molecule has 25 heavy (non-hydrogen) atoms. The highest BCUT2D eigenvalue weighted by Crippen LogP contribution is 2.40. The van der Waals surface area contributed by atoms with Crippen molar-refractivity contribution < 1.29 is 17.6 Å². The van der Waals surface area contributed by atoms with Gasteiger partial charge in [-0.2, -0.15) is 15.8 Å². The summed E-state index contributed by atoms with van der Waals surface area (Å²) >= 11 is 0. The monoisotopic (exact) mass is 348 g/mol. The molecular weight excluding hydrogens is 336 g/mol. The normalized spacial score (nSPS) is 28.1. The Balaban J connectivity index is 2.36. The molecule has 2 rings (SSSR count). The number of hydrogen-bond donors (Lipinski definition) is 1. The molecule has 1 aromatic rings. The third-order valence-electron chi connectivity index (χ3n) is 3.95. The Hall–Kier alpha value is -3.05. The van der Waals surface area contributed by atoms with Crippen LogP contribution in [-0.4, -0.2) is 24.7 Å². The van der Waals surface area contributed by atoms with Crippen LogP contribution in [0.15, 0.2) is 35.5 Å². The van der Waals surface area contributed by atoms with E-state index in [4.69, 9.17) is 15.8 Å². The van der Waals surface area contributed by atoms with Crippen molar-refractivity contribution in [1.29, 1.82) is 15.8 Å². The Morgan fingerprint density at radius 3 is 2.08 bits per heavy atom. The van der Waals surface area contributed by atoms with Crippen LogP contribution in [-0.2, 0) is 0 Å². The van der Waals surface area contributed by atoms with Crippen LogP contribution in [0.25, 0.3) is 0 Å². The van der Waals surface area contributed by atoms with Crippen molar-refractivity contribution in [3.63, 3.8) is 0 Å². The molecule has 0 aliphatic heterocycles. The van der Waals surface area contributed by atoms with Gasteiger partial charge in [0.05, 0.1) is 5.92 Å². The Morgan fingerprint density at radius 1 is 0.960 bits per heavy atom. The summed E-state index contributed by atoms with van der Waals surface area (Å²) in [7, 11) is 0. The lowest BCUT2D eigenvalue weighted by Gasteiger charge is -2.34. The first-order valence-electron chi connectivity index (χ1n) is 7.30. The lowest BCUT2D eigenvalue weighted by molar-refractivity contribution is -0.00569. The van der Waals surface area contributed by atoms with Crippen molar-refractivity contribution in [3.8, 4) is 18.2 Å². The van der Waals surface area contributed by atoms with Gasteiger partial charge in [0, 0.05) is 12.1 Å².